The summed E-state index contributed by atoms with van der Waals surface area (Å²) in [6.45, 7) is 6.05. The van der Waals surface area contributed by atoms with Crippen molar-refractivity contribution in [2.45, 2.75) is 62.4 Å². The second-order valence-electron chi connectivity index (χ2n) is 12.6. The van der Waals surface area contributed by atoms with E-state index >= 15 is 0 Å². The molecule has 3 aromatic rings. The van der Waals surface area contributed by atoms with Gasteiger partial charge in [0.1, 0.15) is 57.7 Å². The molecule has 0 aliphatic heterocycles. The minimum atomic E-state index is -3.25. The molecular weight excluding hydrogens is 648 g/mol. The highest BCUT2D eigenvalue weighted by molar-refractivity contribution is 6.99. The van der Waals surface area contributed by atoms with Crippen molar-refractivity contribution in [3.05, 3.63) is 96.6 Å². The monoisotopic (exact) mass is 698 g/mol. The molecule has 1 fully saturated rings. The molecule has 0 saturated heterocycles. The van der Waals surface area contributed by atoms with E-state index in [9.17, 15) is 4.79 Å². The third kappa shape index (κ3) is 9.21. The summed E-state index contributed by atoms with van der Waals surface area (Å²) >= 11 is 0. The van der Waals surface area contributed by atoms with E-state index < -0.39 is 55.9 Å². The Morgan fingerprint density at radius 1 is 0.531 bits per heavy atom. The van der Waals surface area contributed by atoms with Crippen LogP contribution in [0.5, 0.6) is 0 Å². The van der Waals surface area contributed by atoms with Gasteiger partial charge < -0.3 is 47.1 Å². The molecule has 1 aliphatic rings. The first kappa shape index (κ1) is 38.8. The van der Waals surface area contributed by atoms with E-state index in [0.29, 0.717) is 5.56 Å². The first-order chi connectivity index (χ1) is 23.7. The van der Waals surface area contributed by atoms with Crippen LogP contribution in [-0.4, -0.2) is 107 Å². The number of ether oxygens (including phenoxy) is 9. The lowest BCUT2D eigenvalue weighted by Crippen LogP contribution is -2.74. The fourth-order valence-electron chi connectivity index (χ4n) is 6.40. The molecule has 12 heteroatoms. The minimum absolute atomic E-state index is 0.113. The predicted molar refractivity (Wildman–Crippen MR) is 185 cm³/mol. The SMILES string of the molecule is COCO[C@@H]1C(OC(=O)c2ccccc2)[C@H](OCOC)[C@@H](OCOC)C(O[Si](c2ccccc2)(c2ccccc2)C(C)(C)C)[C@@H]1OCOC. The average molecular weight is 699 g/mol. The average Bonchev–Trinajstić information content (AvgIpc) is 3.12. The molecule has 2 unspecified atom stereocenters. The van der Waals surface area contributed by atoms with Crippen LogP contribution in [0.2, 0.25) is 5.04 Å². The lowest BCUT2D eigenvalue weighted by atomic mass is 9.84. The molecule has 0 N–H and O–H groups in total. The Balaban J connectivity index is 1.96. The van der Waals surface area contributed by atoms with Crippen LogP contribution in [0.1, 0.15) is 31.1 Å². The van der Waals surface area contributed by atoms with Crippen LogP contribution >= 0.6 is 0 Å². The van der Waals surface area contributed by atoms with E-state index in [1.807, 2.05) is 42.5 Å². The van der Waals surface area contributed by atoms with Gasteiger partial charge in [0.05, 0.1) is 5.56 Å². The van der Waals surface area contributed by atoms with Crippen LogP contribution in [0.3, 0.4) is 0 Å². The normalized spacial score (nSPS) is 22.9. The smallest absolute Gasteiger partial charge is 0.338 e. The number of esters is 1. The summed E-state index contributed by atoms with van der Waals surface area (Å²) in [6.07, 6.45) is -5.68. The Labute approximate surface area is 290 Å². The van der Waals surface area contributed by atoms with E-state index in [-0.39, 0.29) is 27.2 Å². The molecule has 0 spiro atoms. The number of hydrogen-bond donors (Lipinski definition) is 0. The highest BCUT2D eigenvalue weighted by atomic mass is 28.4. The van der Waals surface area contributed by atoms with Crippen LogP contribution < -0.4 is 10.4 Å². The van der Waals surface area contributed by atoms with Crippen molar-refractivity contribution >= 4 is 24.7 Å². The van der Waals surface area contributed by atoms with Crippen LogP contribution in [0, 0.1) is 0 Å². The third-order valence-corrected chi connectivity index (χ3v) is 13.5. The molecule has 4 rings (SSSR count). The fraction of sp³-hybridized carbons (Fsp3) is 0.486. The van der Waals surface area contributed by atoms with Gasteiger partial charge in [-0.1, -0.05) is 99.6 Å². The second-order valence-corrected chi connectivity index (χ2v) is 16.9. The van der Waals surface area contributed by atoms with Gasteiger partial charge >= 0.3 is 5.97 Å². The molecule has 0 aromatic heterocycles. The Hall–Kier alpha value is -3.01. The molecule has 1 aliphatic carbocycles. The summed E-state index contributed by atoms with van der Waals surface area (Å²) in [6, 6.07) is 29.1. The second kappa shape index (κ2) is 18.8. The number of hydrogen-bond acceptors (Lipinski definition) is 11. The Morgan fingerprint density at radius 2 is 0.878 bits per heavy atom. The molecule has 1 saturated carbocycles. The Bertz CT molecular complexity index is 1310. The quantitative estimate of drug-likeness (QED) is 0.109. The van der Waals surface area contributed by atoms with Crippen molar-refractivity contribution in [2.75, 3.05) is 55.6 Å². The topological polar surface area (TPSA) is 109 Å². The maximum atomic E-state index is 13.7. The van der Waals surface area contributed by atoms with Gasteiger partial charge in [0.2, 0.25) is 0 Å². The highest BCUT2D eigenvalue weighted by Crippen LogP contribution is 2.42. The molecule has 49 heavy (non-hydrogen) atoms. The van der Waals surface area contributed by atoms with Crippen molar-refractivity contribution < 1.29 is 51.9 Å². The molecule has 11 nitrogen and oxygen atoms in total. The molecule has 0 bridgehead atoms. The molecule has 0 radical (unpaired) electrons. The molecule has 0 amide bonds. The van der Waals surface area contributed by atoms with Crippen molar-refractivity contribution in [3.63, 3.8) is 0 Å². The van der Waals surface area contributed by atoms with Gasteiger partial charge in [0, 0.05) is 28.4 Å². The standard InChI is InChI=1S/C37H50O11Si/c1-37(2,3)49(28-19-13-9-14-20-28,29-21-15-10-16-22-29)48-35-32(45-25-41-6)30(43-23-39-4)34(47-36(38)27-17-11-8-12-18-27)31(44-24-40-5)33(35)46-26-42-7/h8-22,30-35H,23-26H2,1-7H3/t30-,31+,32-,33-,34?,35?/m1/s1. The lowest BCUT2D eigenvalue weighted by Gasteiger charge is -2.53. The van der Waals surface area contributed by atoms with Crippen molar-refractivity contribution in [2.24, 2.45) is 0 Å². The third-order valence-electron chi connectivity index (χ3n) is 8.44. The Kier molecular flexibility index (Phi) is 14.9. The maximum absolute atomic E-state index is 13.7. The van der Waals surface area contributed by atoms with Gasteiger partial charge in [-0.3, -0.25) is 0 Å². The largest absolute Gasteiger partial charge is 0.453 e. The van der Waals surface area contributed by atoms with E-state index in [4.69, 9.17) is 47.1 Å². The lowest BCUT2D eigenvalue weighted by molar-refractivity contribution is -0.296. The summed E-state index contributed by atoms with van der Waals surface area (Å²) in [4.78, 5) is 13.7. The van der Waals surface area contributed by atoms with Crippen LogP contribution in [0.4, 0.5) is 0 Å². The highest BCUT2D eigenvalue weighted by Gasteiger charge is 2.61. The van der Waals surface area contributed by atoms with Gasteiger partial charge in [0.25, 0.3) is 8.32 Å². The zero-order valence-corrected chi connectivity index (χ0v) is 30.4. The first-order valence-corrected chi connectivity index (χ1v) is 18.1. The Morgan fingerprint density at radius 3 is 1.22 bits per heavy atom. The molecule has 3 aromatic carbocycles. The van der Waals surface area contributed by atoms with E-state index in [1.165, 1.54) is 28.4 Å². The van der Waals surface area contributed by atoms with E-state index in [0.717, 1.165) is 10.4 Å². The predicted octanol–water partition coefficient (Wildman–Crippen LogP) is 4.13. The van der Waals surface area contributed by atoms with E-state index in [1.54, 1.807) is 24.3 Å². The summed E-state index contributed by atoms with van der Waals surface area (Å²) in [5.41, 5.74) is 0.355. The summed E-state index contributed by atoms with van der Waals surface area (Å²) in [7, 11) is 2.83. The number of carbonyl (C=O) groups excluding carboxylic acids is 1. The first-order valence-electron chi connectivity index (χ1n) is 16.2. The fourth-order valence-corrected chi connectivity index (χ4v) is 11.1. The van der Waals surface area contributed by atoms with Gasteiger partial charge in [0.15, 0.2) is 6.10 Å². The summed E-state index contributed by atoms with van der Waals surface area (Å²) < 4.78 is 61.1. The maximum Gasteiger partial charge on any atom is 0.338 e. The zero-order chi connectivity index (χ0) is 35.3. The molecular formula is C37H50O11Si. The van der Waals surface area contributed by atoms with Crippen molar-refractivity contribution in [1.29, 1.82) is 0 Å². The van der Waals surface area contributed by atoms with E-state index in [2.05, 4.69) is 45.0 Å². The van der Waals surface area contributed by atoms with Crippen molar-refractivity contribution in [1.82, 2.24) is 0 Å². The molecule has 6 atom stereocenters. The molecule has 268 valence electrons. The van der Waals surface area contributed by atoms with Crippen LogP contribution in [0.15, 0.2) is 91.0 Å². The van der Waals surface area contributed by atoms with Crippen LogP contribution in [-0.2, 0) is 47.1 Å². The summed E-state index contributed by atoms with van der Waals surface area (Å²) in [5, 5.41) is 1.69. The minimum Gasteiger partial charge on any atom is -0.453 e. The number of carbonyl (C=O) groups is 1. The number of methoxy groups -OCH3 is 4. The number of rotatable bonds is 18. The van der Waals surface area contributed by atoms with Crippen LogP contribution in [0.25, 0.3) is 0 Å². The van der Waals surface area contributed by atoms with Crippen molar-refractivity contribution in [3.8, 4) is 0 Å². The van der Waals surface area contributed by atoms with Gasteiger partial charge in [-0.2, -0.15) is 0 Å². The zero-order valence-electron chi connectivity index (χ0n) is 29.4. The van der Waals surface area contributed by atoms with Gasteiger partial charge in [-0.25, -0.2) is 4.79 Å². The number of benzene rings is 3. The summed E-state index contributed by atoms with van der Waals surface area (Å²) in [5.74, 6) is -0.579. The van der Waals surface area contributed by atoms with Gasteiger partial charge in [-0.05, 0) is 27.5 Å². The molecule has 0 heterocycles. The van der Waals surface area contributed by atoms with Gasteiger partial charge in [-0.15, -0.1) is 0 Å².